The molecule has 0 spiro atoms. The molecule has 6 rings (SSSR count). The Kier molecular flexibility index (Phi) is 8.29. The van der Waals surface area contributed by atoms with Crippen LogP contribution < -0.4 is 16.3 Å². The summed E-state index contributed by atoms with van der Waals surface area (Å²) in [5.41, 5.74) is 1.04. The van der Waals surface area contributed by atoms with Crippen LogP contribution in [0.4, 0.5) is 4.79 Å². The van der Waals surface area contributed by atoms with Crippen molar-refractivity contribution in [3.8, 4) is 0 Å². The first-order valence-electron chi connectivity index (χ1n) is 13.5. The maximum atomic E-state index is 13.6. The number of para-hydroxylation sites is 2. The van der Waals surface area contributed by atoms with Crippen LogP contribution in [-0.2, 0) is 20.8 Å². The number of hydrogen-bond acceptors (Lipinski definition) is 10. The highest BCUT2D eigenvalue weighted by molar-refractivity contribution is 8.01. The zero-order valence-corrected chi connectivity index (χ0v) is 25.5. The molecule has 2 unspecified atom stereocenters. The fourth-order valence-corrected chi connectivity index (χ4v) is 8.33. The number of benzene rings is 2. The van der Waals surface area contributed by atoms with E-state index in [9.17, 15) is 29.1 Å². The van der Waals surface area contributed by atoms with Gasteiger partial charge in [-0.05, 0) is 29.7 Å². The Balaban J connectivity index is 1.20. The van der Waals surface area contributed by atoms with E-state index < -0.39 is 47.0 Å². The van der Waals surface area contributed by atoms with Crippen LogP contribution in [0.2, 0.25) is 0 Å². The largest absolute Gasteiger partial charge is 0.477 e. The Hall–Kier alpha value is -4.41. The summed E-state index contributed by atoms with van der Waals surface area (Å²) >= 11 is 4.16. The molecule has 4 aromatic rings. The molecule has 0 bridgehead atoms. The van der Waals surface area contributed by atoms with Gasteiger partial charge in [0.15, 0.2) is 4.34 Å². The number of hydrogen-bond donors (Lipinski definition) is 4. The number of carbonyl (C=O) groups is 4. The molecule has 1 saturated heterocycles. The van der Waals surface area contributed by atoms with Crippen LogP contribution >= 0.6 is 34.9 Å². The molecule has 16 heteroatoms. The molecule has 2 aliphatic rings. The van der Waals surface area contributed by atoms with Gasteiger partial charge in [0.2, 0.25) is 5.91 Å². The van der Waals surface area contributed by atoms with Crippen molar-refractivity contribution in [2.24, 2.45) is 0 Å². The summed E-state index contributed by atoms with van der Waals surface area (Å²) < 4.78 is 1.62. The molecule has 0 aliphatic carbocycles. The Labute approximate surface area is 262 Å². The van der Waals surface area contributed by atoms with Crippen molar-refractivity contribution in [2.45, 2.75) is 35.1 Å². The number of imidazole rings is 1. The molecule has 13 nitrogen and oxygen atoms in total. The number of nitrogens with one attached hydrogen (secondary N) is 3. The Morgan fingerprint density at radius 3 is 2.59 bits per heavy atom. The third-order valence-electron chi connectivity index (χ3n) is 7.12. The van der Waals surface area contributed by atoms with Crippen molar-refractivity contribution in [2.75, 3.05) is 11.5 Å². The lowest BCUT2D eigenvalue weighted by Gasteiger charge is -2.49. The van der Waals surface area contributed by atoms with E-state index in [2.05, 4.69) is 25.8 Å². The normalized spacial score (nSPS) is 18.5. The number of aliphatic carboxylic acids is 1. The van der Waals surface area contributed by atoms with Crippen LogP contribution in [0.25, 0.3) is 11.0 Å². The lowest BCUT2D eigenvalue weighted by atomic mass is 10.0. The van der Waals surface area contributed by atoms with Gasteiger partial charge in [-0.25, -0.2) is 19.0 Å². The number of H-pyrrole nitrogens is 1. The van der Waals surface area contributed by atoms with E-state index >= 15 is 0 Å². The van der Waals surface area contributed by atoms with Gasteiger partial charge in [-0.15, -0.1) is 22.0 Å². The average molecular weight is 652 g/mol. The first kappa shape index (κ1) is 29.7. The summed E-state index contributed by atoms with van der Waals surface area (Å²) in [5, 5.41) is 23.8. The van der Waals surface area contributed by atoms with Crippen molar-refractivity contribution in [1.29, 1.82) is 0 Å². The maximum Gasteiger partial charge on any atom is 0.352 e. The highest BCUT2D eigenvalue weighted by atomic mass is 32.2. The lowest BCUT2D eigenvalue weighted by molar-refractivity contribution is -0.151. The molecule has 2 aliphatic heterocycles. The number of aryl methyl sites for hydroxylation is 1. The predicted octanol–water partition coefficient (Wildman–Crippen LogP) is 2.57. The van der Waals surface area contributed by atoms with Gasteiger partial charge in [-0.3, -0.25) is 14.5 Å². The van der Waals surface area contributed by atoms with Gasteiger partial charge in [0.1, 0.15) is 28.2 Å². The number of aromatic nitrogens is 4. The Morgan fingerprint density at radius 1 is 1.11 bits per heavy atom. The third kappa shape index (κ3) is 5.51. The second-order valence-corrected chi connectivity index (χ2v) is 13.2. The van der Waals surface area contributed by atoms with Crippen molar-refractivity contribution in [1.82, 2.24) is 35.3 Å². The van der Waals surface area contributed by atoms with Crippen molar-refractivity contribution >= 4 is 69.7 Å². The first-order valence-corrected chi connectivity index (χ1v) is 16.3. The van der Waals surface area contributed by atoms with Gasteiger partial charge in [0, 0.05) is 11.5 Å². The molecule has 3 atom stereocenters. The van der Waals surface area contributed by atoms with E-state index in [-0.39, 0.29) is 5.70 Å². The number of carboxylic acids is 1. The number of β-lactam (4-membered cyclic amide) rings is 1. The summed E-state index contributed by atoms with van der Waals surface area (Å²) in [6.07, 6.45) is 0.755. The Bertz CT molecular complexity index is 1870. The number of carboxylic acid groups (broad SMARTS) is 1. The number of thioether (sulfide) groups is 2. The van der Waals surface area contributed by atoms with Crippen molar-refractivity contribution in [3.63, 3.8) is 0 Å². The van der Waals surface area contributed by atoms with E-state index in [0.717, 1.165) is 20.3 Å². The molecule has 0 saturated carbocycles. The van der Waals surface area contributed by atoms with Gasteiger partial charge in [-0.2, -0.15) is 0 Å². The van der Waals surface area contributed by atoms with E-state index in [1.165, 1.54) is 39.8 Å². The summed E-state index contributed by atoms with van der Waals surface area (Å²) in [6, 6.07) is 12.0. The Morgan fingerprint density at radius 2 is 1.86 bits per heavy atom. The highest BCUT2D eigenvalue weighted by Gasteiger charge is 2.54. The van der Waals surface area contributed by atoms with Crippen LogP contribution in [0.15, 0.2) is 75.0 Å². The van der Waals surface area contributed by atoms with Crippen LogP contribution in [0.1, 0.15) is 23.5 Å². The number of carbonyl (C=O) groups excluding carboxylic acids is 3. The maximum absolute atomic E-state index is 13.6. The van der Waals surface area contributed by atoms with Gasteiger partial charge in [0.25, 0.3) is 5.91 Å². The standard InChI is InChI=1S/C28H25N7O6S3/c1-2-18-32-33-28(44-18)43-13-15-12-42-24-20(23(37)35(24)21(15)25(38)39)30-22(36)19(14-8-4-3-5-9-14)31-27(41)34-17-11-7-6-10-16(17)29-26(34)40/h3-11,19-20,24H,2,12-13H2,1H3,(H,29,40)(H,30,36)(H,31,41)(H,38,39)/t19?,20?,24-/m0/s1. The topological polar surface area (TPSA) is 179 Å². The molecular weight excluding hydrogens is 627 g/mol. The zero-order chi connectivity index (χ0) is 31.0. The minimum Gasteiger partial charge on any atom is -0.477 e. The minimum atomic E-state index is -1.25. The average Bonchev–Trinajstić information content (AvgIpc) is 3.64. The van der Waals surface area contributed by atoms with Crippen molar-refractivity contribution in [3.05, 3.63) is 86.9 Å². The molecule has 3 amide bonds. The van der Waals surface area contributed by atoms with Crippen LogP contribution in [0.5, 0.6) is 0 Å². The van der Waals surface area contributed by atoms with E-state index in [1.54, 1.807) is 54.6 Å². The molecule has 226 valence electrons. The summed E-state index contributed by atoms with van der Waals surface area (Å²) in [5.74, 6) is -1.80. The fraction of sp³-hybridized carbons (Fsp3) is 0.250. The zero-order valence-electron chi connectivity index (χ0n) is 23.1. The minimum absolute atomic E-state index is 0.0939. The number of aromatic amines is 1. The van der Waals surface area contributed by atoms with Gasteiger partial charge in [-0.1, -0.05) is 72.5 Å². The second kappa shape index (κ2) is 12.3. The monoisotopic (exact) mass is 651 g/mol. The van der Waals surface area contributed by atoms with Crippen LogP contribution in [0, 0.1) is 0 Å². The predicted molar refractivity (Wildman–Crippen MR) is 165 cm³/mol. The number of nitrogens with zero attached hydrogens (tertiary/aromatic N) is 4. The highest BCUT2D eigenvalue weighted by Crippen LogP contribution is 2.42. The molecule has 1 fully saturated rings. The number of amides is 3. The van der Waals surface area contributed by atoms with Gasteiger partial charge < -0.3 is 20.7 Å². The molecule has 0 radical (unpaired) electrons. The summed E-state index contributed by atoms with van der Waals surface area (Å²) in [7, 11) is 0. The first-order chi connectivity index (χ1) is 21.3. The molecule has 44 heavy (non-hydrogen) atoms. The lowest BCUT2D eigenvalue weighted by Crippen LogP contribution is -2.71. The molecule has 2 aromatic heterocycles. The molecule has 2 aromatic carbocycles. The summed E-state index contributed by atoms with van der Waals surface area (Å²) in [6.45, 7) is 1.98. The smallest absolute Gasteiger partial charge is 0.352 e. The second-order valence-electron chi connectivity index (χ2n) is 9.83. The van der Waals surface area contributed by atoms with Gasteiger partial charge >= 0.3 is 17.7 Å². The van der Waals surface area contributed by atoms with Crippen molar-refractivity contribution < 1.29 is 24.3 Å². The van der Waals surface area contributed by atoms with Gasteiger partial charge in [0.05, 0.1) is 11.0 Å². The van der Waals surface area contributed by atoms with E-state index in [1.807, 2.05) is 6.92 Å². The molecule has 4 N–H and O–H groups in total. The van der Waals surface area contributed by atoms with Crippen LogP contribution in [-0.4, -0.2) is 76.5 Å². The molecule has 4 heterocycles. The number of rotatable bonds is 9. The van der Waals surface area contributed by atoms with Crippen LogP contribution in [0.3, 0.4) is 0 Å². The van der Waals surface area contributed by atoms with E-state index in [4.69, 9.17) is 0 Å². The quantitative estimate of drug-likeness (QED) is 0.155. The molecular formula is C28H25N7O6S3. The number of fused-ring (bicyclic) bond motifs is 2. The third-order valence-corrected chi connectivity index (χ3v) is 10.8. The summed E-state index contributed by atoms with van der Waals surface area (Å²) in [4.78, 5) is 68.9. The van der Waals surface area contributed by atoms with E-state index in [0.29, 0.717) is 33.7 Å². The fourth-order valence-electron chi connectivity index (χ4n) is 5.01. The SMILES string of the molecule is CCc1nnc(SCC2=C(C(=O)O)N3C(=O)C(NC(=O)C(NC(=O)n4c(=O)[nH]c5ccccc54)c4ccccc4)[C@@H]3SC2)s1.